The molecule has 1 heteroatoms. The largest absolute Gasteiger partial charge is 0.310 e. The van der Waals surface area contributed by atoms with Gasteiger partial charge in [-0.3, -0.25) is 0 Å². The van der Waals surface area contributed by atoms with Crippen LogP contribution in [0.1, 0.15) is 0 Å². The summed E-state index contributed by atoms with van der Waals surface area (Å²) in [5.41, 5.74) is 5.82. The number of fused-ring (bicyclic) bond motifs is 13. The summed E-state index contributed by atoms with van der Waals surface area (Å²) in [5, 5.41) is 17.8. The van der Waals surface area contributed by atoms with Gasteiger partial charge in [0.05, 0.1) is 0 Å². The van der Waals surface area contributed by atoms with Gasteiger partial charge >= 0.3 is 0 Å². The molecular formula is C52H33N. The highest BCUT2D eigenvalue weighted by Crippen LogP contribution is 2.44. The van der Waals surface area contributed by atoms with E-state index in [4.69, 9.17) is 0 Å². The minimum absolute atomic E-state index is 1.11. The Balaban J connectivity index is 1.17. The smallest absolute Gasteiger partial charge is 0.0468 e. The van der Waals surface area contributed by atoms with Crippen molar-refractivity contribution in [3.63, 3.8) is 0 Å². The van der Waals surface area contributed by atoms with Crippen LogP contribution in [0.5, 0.6) is 0 Å². The Morgan fingerprint density at radius 1 is 0.226 bits per heavy atom. The zero-order valence-corrected chi connectivity index (χ0v) is 29.0. The third kappa shape index (κ3) is 4.64. The van der Waals surface area contributed by atoms with Crippen molar-refractivity contribution in [1.82, 2.24) is 0 Å². The number of hydrogen-bond donors (Lipinski definition) is 0. The van der Waals surface area contributed by atoms with Gasteiger partial charge in [-0.2, -0.15) is 0 Å². The molecular weight excluding hydrogens is 639 g/mol. The fourth-order valence-corrected chi connectivity index (χ4v) is 8.78. The van der Waals surface area contributed by atoms with Gasteiger partial charge in [-0.15, -0.1) is 0 Å². The molecule has 0 unspecified atom stereocenters. The lowest BCUT2D eigenvalue weighted by molar-refractivity contribution is 1.30. The van der Waals surface area contributed by atoms with Crippen LogP contribution < -0.4 is 4.90 Å². The van der Waals surface area contributed by atoms with Crippen molar-refractivity contribution < 1.29 is 0 Å². The van der Waals surface area contributed by atoms with Crippen LogP contribution in [0.25, 0.3) is 86.5 Å². The number of nitrogens with zero attached hydrogens (tertiary/aromatic N) is 1. The van der Waals surface area contributed by atoms with E-state index < -0.39 is 0 Å². The second-order valence-electron chi connectivity index (χ2n) is 14.1. The quantitative estimate of drug-likeness (QED) is 0.168. The monoisotopic (exact) mass is 671 g/mol. The summed E-state index contributed by atoms with van der Waals surface area (Å²) in [4.78, 5) is 2.43. The first-order valence-electron chi connectivity index (χ1n) is 18.3. The second-order valence-corrected chi connectivity index (χ2v) is 14.1. The van der Waals surface area contributed by atoms with Crippen molar-refractivity contribution in [2.45, 2.75) is 0 Å². The summed E-state index contributed by atoms with van der Waals surface area (Å²) in [6.45, 7) is 0. The van der Waals surface area contributed by atoms with Gasteiger partial charge < -0.3 is 4.90 Å². The molecule has 0 aliphatic carbocycles. The van der Waals surface area contributed by atoms with Crippen LogP contribution in [0.4, 0.5) is 17.1 Å². The summed E-state index contributed by atoms with van der Waals surface area (Å²) < 4.78 is 0. The Labute approximate surface area is 307 Å². The standard InChI is InChI=1S/C52H33N/c1-2-14-39-34(12-1)13-11-23-40(39)35-24-26-36(27-25-35)53(37-28-30-49-45-19-5-3-15-41(45)43-17-7-9-21-47(43)51(49)32-37)38-29-31-50-46-20-6-4-16-42(46)44-18-8-10-22-48(44)52(50)33-38/h1-33H. The Bertz CT molecular complexity index is 2990. The summed E-state index contributed by atoms with van der Waals surface area (Å²) in [7, 11) is 0. The first kappa shape index (κ1) is 29.7. The molecule has 11 aromatic rings. The molecule has 0 saturated carbocycles. The van der Waals surface area contributed by atoms with E-state index in [0.29, 0.717) is 0 Å². The topological polar surface area (TPSA) is 3.24 Å². The van der Waals surface area contributed by atoms with Crippen LogP contribution in [-0.2, 0) is 0 Å². The molecule has 0 saturated heterocycles. The lowest BCUT2D eigenvalue weighted by atomic mass is 9.93. The minimum atomic E-state index is 1.11. The fraction of sp³-hybridized carbons (Fsp3) is 0. The Morgan fingerprint density at radius 2 is 0.566 bits per heavy atom. The van der Waals surface area contributed by atoms with Gasteiger partial charge in [0.15, 0.2) is 0 Å². The Kier molecular flexibility index (Phi) is 6.62. The van der Waals surface area contributed by atoms with Crippen LogP contribution in [0.3, 0.4) is 0 Å². The molecule has 1 nitrogen and oxygen atoms in total. The van der Waals surface area contributed by atoms with E-state index in [9.17, 15) is 0 Å². The molecule has 0 aliphatic rings. The maximum atomic E-state index is 2.43. The van der Waals surface area contributed by atoms with Gasteiger partial charge in [0.25, 0.3) is 0 Å². The second kappa shape index (κ2) is 11.8. The van der Waals surface area contributed by atoms with E-state index in [-0.39, 0.29) is 0 Å². The van der Waals surface area contributed by atoms with E-state index in [2.05, 4.69) is 205 Å². The van der Waals surface area contributed by atoms with E-state index in [0.717, 1.165) is 17.1 Å². The van der Waals surface area contributed by atoms with Crippen molar-refractivity contribution in [1.29, 1.82) is 0 Å². The van der Waals surface area contributed by atoms with Gasteiger partial charge in [0, 0.05) is 17.1 Å². The Morgan fingerprint density at radius 3 is 1.02 bits per heavy atom. The third-order valence-corrected chi connectivity index (χ3v) is 11.2. The SMILES string of the molecule is c1ccc2c(-c3ccc(N(c4ccc5c6ccccc6c6ccccc6c5c4)c4ccc5c6ccccc6c6ccccc6c5c4)cc3)cccc2c1. The van der Waals surface area contributed by atoms with Crippen LogP contribution in [0, 0.1) is 0 Å². The molecule has 11 rings (SSSR count). The van der Waals surface area contributed by atoms with Gasteiger partial charge in [-0.25, -0.2) is 0 Å². The van der Waals surface area contributed by atoms with Crippen LogP contribution in [-0.4, -0.2) is 0 Å². The summed E-state index contributed by atoms with van der Waals surface area (Å²) >= 11 is 0. The molecule has 11 aromatic carbocycles. The van der Waals surface area contributed by atoms with Crippen LogP contribution >= 0.6 is 0 Å². The molecule has 0 spiro atoms. The van der Waals surface area contributed by atoms with E-state index in [1.165, 1.54) is 86.5 Å². The predicted octanol–water partition coefficient (Wildman–Crippen LogP) is 14.9. The van der Waals surface area contributed by atoms with E-state index >= 15 is 0 Å². The van der Waals surface area contributed by atoms with Gasteiger partial charge in [-0.1, -0.05) is 164 Å². The number of rotatable bonds is 4. The predicted molar refractivity (Wildman–Crippen MR) is 229 cm³/mol. The van der Waals surface area contributed by atoms with Gasteiger partial charge in [-0.05, 0) is 123 Å². The highest BCUT2D eigenvalue weighted by Gasteiger charge is 2.18. The maximum absolute atomic E-state index is 2.43. The summed E-state index contributed by atoms with van der Waals surface area (Å²) in [5.74, 6) is 0. The highest BCUT2D eigenvalue weighted by atomic mass is 15.1. The average molecular weight is 672 g/mol. The molecule has 0 N–H and O–H groups in total. The fourth-order valence-electron chi connectivity index (χ4n) is 8.78. The van der Waals surface area contributed by atoms with Crippen LogP contribution in [0.2, 0.25) is 0 Å². The molecule has 0 aliphatic heterocycles. The van der Waals surface area contributed by atoms with Crippen molar-refractivity contribution in [3.8, 4) is 11.1 Å². The van der Waals surface area contributed by atoms with Crippen molar-refractivity contribution >= 4 is 92.5 Å². The lowest BCUT2D eigenvalue weighted by Gasteiger charge is -2.27. The minimum Gasteiger partial charge on any atom is -0.310 e. The molecule has 0 heterocycles. The van der Waals surface area contributed by atoms with E-state index in [1.54, 1.807) is 0 Å². The molecule has 0 atom stereocenters. The highest BCUT2D eigenvalue weighted by molar-refractivity contribution is 6.27. The number of anilines is 3. The molecule has 0 radical (unpaired) electrons. The molecule has 53 heavy (non-hydrogen) atoms. The van der Waals surface area contributed by atoms with E-state index in [1.807, 2.05) is 0 Å². The van der Waals surface area contributed by atoms with Crippen molar-refractivity contribution in [2.75, 3.05) is 4.90 Å². The zero-order valence-electron chi connectivity index (χ0n) is 29.0. The van der Waals surface area contributed by atoms with Crippen molar-refractivity contribution in [2.24, 2.45) is 0 Å². The molecule has 0 fully saturated rings. The zero-order chi connectivity index (χ0) is 34.9. The Hall–Kier alpha value is -6.96. The van der Waals surface area contributed by atoms with Crippen LogP contribution in [0.15, 0.2) is 200 Å². The number of hydrogen-bond acceptors (Lipinski definition) is 1. The third-order valence-electron chi connectivity index (χ3n) is 11.2. The summed E-state index contributed by atoms with van der Waals surface area (Å²) in [6, 6.07) is 73.6. The maximum Gasteiger partial charge on any atom is 0.0468 e. The molecule has 0 aromatic heterocycles. The van der Waals surface area contributed by atoms with Crippen molar-refractivity contribution in [3.05, 3.63) is 200 Å². The lowest BCUT2D eigenvalue weighted by Crippen LogP contribution is -2.10. The molecule has 0 amide bonds. The first-order valence-corrected chi connectivity index (χ1v) is 18.3. The van der Waals surface area contributed by atoms with Gasteiger partial charge in [0.1, 0.15) is 0 Å². The molecule has 246 valence electrons. The molecule has 0 bridgehead atoms. The number of benzene rings is 11. The van der Waals surface area contributed by atoms with Gasteiger partial charge in [0.2, 0.25) is 0 Å². The normalized spacial score (nSPS) is 11.8. The summed E-state index contributed by atoms with van der Waals surface area (Å²) in [6.07, 6.45) is 0. The first-order chi connectivity index (χ1) is 26.3. The average Bonchev–Trinajstić information content (AvgIpc) is 3.24.